The first-order valence-corrected chi connectivity index (χ1v) is 7.05. The van der Waals surface area contributed by atoms with Crippen molar-refractivity contribution in [3.63, 3.8) is 0 Å². The number of benzene rings is 1. The molecular formula is C16H18F3NO. The van der Waals surface area contributed by atoms with E-state index in [-0.39, 0.29) is 17.4 Å². The number of halogens is 3. The van der Waals surface area contributed by atoms with Crippen LogP contribution in [0.4, 0.5) is 13.2 Å². The van der Waals surface area contributed by atoms with Crippen LogP contribution in [0.5, 0.6) is 0 Å². The van der Waals surface area contributed by atoms with E-state index in [0.717, 1.165) is 25.5 Å². The second-order valence-electron chi connectivity index (χ2n) is 4.84. The molecule has 0 radical (unpaired) electrons. The van der Waals surface area contributed by atoms with Gasteiger partial charge in [0.1, 0.15) is 11.5 Å². The zero-order valence-corrected chi connectivity index (χ0v) is 12.1. The van der Waals surface area contributed by atoms with Gasteiger partial charge >= 0.3 is 0 Å². The fraction of sp³-hybridized carbons (Fsp3) is 0.375. The van der Waals surface area contributed by atoms with E-state index in [4.69, 9.17) is 4.42 Å². The van der Waals surface area contributed by atoms with E-state index >= 15 is 0 Å². The minimum atomic E-state index is -1.48. The summed E-state index contributed by atoms with van der Waals surface area (Å²) in [7, 11) is 0. The first-order valence-electron chi connectivity index (χ1n) is 7.05. The second kappa shape index (κ2) is 6.80. The van der Waals surface area contributed by atoms with Gasteiger partial charge in [0, 0.05) is 0 Å². The van der Waals surface area contributed by atoms with Crippen molar-refractivity contribution in [3.8, 4) is 11.3 Å². The summed E-state index contributed by atoms with van der Waals surface area (Å²) in [6.45, 7) is 4.91. The first-order chi connectivity index (χ1) is 10.1. The number of hydrogen-bond acceptors (Lipinski definition) is 2. The van der Waals surface area contributed by atoms with Crippen LogP contribution in [0.25, 0.3) is 11.3 Å². The van der Waals surface area contributed by atoms with Gasteiger partial charge in [-0.05, 0) is 43.7 Å². The molecule has 0 saturated heterocycles. The van der Waals surface area contributed by atoms with Crippen LogP contribution in [0.1, 0.15) is 38.5 Å². The SMILES string of the molecule is CCCNC(CC)c1ccc(-c2ccc(F)c(F)c2F)o1. The van der Waals surface area contributed by atoms with Gasteiger partial charge in [-0.2, -0.15) is 0 Å². The highest BCUT2D eigenvalue weighted by Crippen LogP contribution is 2.30. The predicted octanol–water partition coefficient (Wildman–Crippen LogP) is 4.81. The third-order valence-electron chi connectivity index (χ3n) is 3.32. The molecule has 0 aliphatic rings. The largest absolute Gasteiger partial charge is 0.459 e. The van der Waals surface area contributed by atoms with E-state index in [2.05, 4.69) is 12.2 Å². The minimum absolute atomic E-state index is 0.0204. The molecule has 1 heterocycles. The molecule has 114 valence electrons. The molecule has 0 aliphatic heterocycles. The summed E-state index contributed by atoms with van der Waals surface area (Å²) in [6, 6.07) is 5.39. The highest BCUT2D eigenvalue weighted by Gasteiger charge is 2.19. The molecule has 1 atom stereocenters. The molecule has 1 aromatic carbocycles. The fourth-order valence-corrected chi connectivity index (χ4v) is 2.17. The standard InChI is InChI=1S/C16H18F3NO/c1-3-9-20-12(4-2)14-8-7-13(21-14)10-5-6-11(17)16(19)15(10)18/h5-8,12,20H,3-4,9H2,1-2H3. The van der Waals surface area contributed by atoms with Crippen molar-refractivity contribution >= 4 is 0 Å². The Labute approximate surface area is 122 Å². The van der Waals surface area contributed by atoms with Crippen LogP contribution in [0.2, 0.25) is 0 Å². The number of furan rings is 1. The average molecular weight is 297 g/mol. The van der Waals surface area contributed by atoms with Gasteiger partial charge in [-0.15, -0.1) is 0 Å². The molecule has 0 aliphatic carbocycles. The van der Waals surface area contributed by atoms with Gasteiger partial charge in [0.15, 0.2) is 17.5 Å². The summed E-state index contributed by atoms with van der Waals surface area (Å²) >= 11 is 0. The van der Waals surface area contributed by atoms with Crippen molar-refractivity contribution in [2.75, 3.05) is 6.54 Å². The Morgan fingerprint density at radius 3 is 2.48 bits per heavy atom. The molecular weight excluding hydrogens is 279 g/mol. The maximum absolute atomic E-state index is 13.8. The monoisotopic (exact) mass is 297 g/mol. The second-order valence-corrected chi connectivity index (χ2v) is 4.84. The van der Waals surface area contributed by atoms with E-state index in [1.807, 2.05) is 6.92 Å². The average Bonchev–Trinajstić information content (AvgIpc) is 2.95. The van der Waals surface area contributed by atoms with E-state index in [0.29, 0.717) is 5.76 Å². The van der Waals surface area contributed by atoms with Crippen LogP contribution >= 0.6 is 0 Å². The normalized spacial score (nSPS) is 12.6. The topological polar surface area (TPSA) is 25.2 Å². The van der Waals surface area contributed by atoms with Crippen LogP contribution in [0, 0.1) is 17.5 Å². The quantitative estimate of drug-likeness (QED) is 0.774. The molecule has 0 bridgehead atoms. The van der Waals surface area contributed by atoms with Gasteiger partial charge in [0.25, 0.3) is 0 Å². The Balaban J connectivity index is 2.29. The summed E-state index contributed by atoms with van der Waals surface area (Å²) in [5.74, 6) is -3.07. The highest BCUT2D eigenvalue weighted by molar-refractivity contribution is 5.58. The molecule has 0 spiro atoms. The zero-order chi connectivity index (χ0) is 15.4. The number of nitrogens with one attached hydrogen (secondary N) is 1. The molecule has 1 aromatic heterocycles. The molecule has 0 fully saturated rings. The van der Waals surface area contributed by atoms with Gasteiger partial charge in [0.05, 0.1) is 11.6 Å². The Morgan fingerprint density at radius 1 is 1.05 bits per heavy atom. The fourth-order valence-electron chi connectivity index (χ4n) is 2.17. The molecule has 2 rings (SSSR count). The van der Waals surface area contributed by atoms with Crippen molar-refractivity contribution in [2.24, 2.45) is 0 Å². The van der Waals surface area contributed by atoms with Crippen LogP contribution in [0.15, 0.2) is 28.7 Å². The summed E-state index contributed by atoms with van der Waals surface area (Å²) in [5.41, 5.74) is -0.0782. The third-order valence-corrected chi connectivity index (χ3v) is 3.32. The third kappa shape index (κ3) is 3.29. The molecule has 1 N–H and O–H groups in total. The zero-order valence-electron chi connectivity index (χ0n) is 12.1. The molecule has 0 amide bonds. The summed E-state index contributed by atoms with van der Waals surface area (Å²) in [5, 5.41) is 3.31. The lowest BCUT2D eigenvalue weighted by atomic mass is 10.1. The molecule has 1 unspecified atom stereocenters. The van der Waals surface area contributed by atoms with Gasteiger partial charge in [-0.1, -0.05) is 13.8 Å². The van der Waals surface area contributed by atoms with Gasteiger partial charge in [-0.3, -0.25) is 0 Å². The maximum atomic E-state index is 13.8. The molecule has 21 heavy (non-hydrogen) atoms. The molecule has 2 aromatic rings. The molecule has 0 saturated carbocycles. The highest BCUT2D eigenvalue weighted by atomic mass is 19.2. The van der Waals surface area contributed by atoms with Crippen molar-refractivity contribution in [2.45, 2.75) is 32.7 Å². The van der Waals surface area contributed by atoms with Crippen molar-refractivity contribution < 1.29 is 17.6 Å². The van der Waals surface area contributed by atoms with E-state index in [9.17, 15) is 13.2 Å². The first kappa shape index (κ1) is 15.6. The molecule has 2 nitrogen and oxygen atoms in total. The van der Waals surface area contributed by atoms with Crippen LogP contribution in [0.3, 0.4) is 0 Å². The number of hydrogen-bond donors (Lipinski definition) is 1. The van der Waals surface area contributed by atoms with Crippen molar-refractivity contribution in [3.05, 3.63) is 47.5 Å². The molecule has 5 heteroatoms. The van der Waals surface area contributed by atoms with Crippen LogP contribution in [-0.2, 0) is 0 Å². The lowest BCUT2D eigenvalue weighted by Gasteiger charge is -2.13. The van der Waals surface area contributed by atoms with Crippen LogP contribution in [-0.4, -0.2) is 6.54 Å². The smallest absolute Gasteiger partial charge is 0.195 e. The van der Waals surface area contributed by atoms with Crippen molar-refractivity contribution in [1.29, 1.82) is 0 Å². The van der Waals surface area contributed by atoms with Gasteiger partial charge < -0.3 is 9.73 Å². The minimum Gasteiger partial charge on any atom is -0.459 e. The van der Waals surface area contributed by atoms with Gasteiger partial charge in [0.2, 0.25) is 0 Å². The Morgan fingerprint density at radius 2 is 1.81 bits per heavy atom. The lowest BCUT2D eigenvalue weighted by molar-refractivity contribution is 0.407. The van der Waals surface area contributed by atoms with E-state index in [1.165, 1.54) is 6.07 Å². The lowest BCUT2D eigenvalue weighted by Crippen LogP contribution is -2.20. The Bertz CT molecular complexity index is 610. The summed E-state index contributed by atoms with van der Waals surface area (Å²) in [4.78, 5) is 0. The van der Waals surface area contributed by atoms with Crippen molar-refractivity contribution in [1.82, 2.24) is 5.32 Å². The van der Waals surface area contributed by atoms with E-state index < -0.39 is 17.5 Å². The van der Waals surface area contributed by atoms with Crippen LogP contribution < -0.4 is 5.32 Å². The predicted molar refractivity (Wildman–Crippen MR) is 75.3 cm³/mol. The van der Waals surface area contributed by atoms with E-state index in [1.54, 1.807) is 12.1 Å². The summed E-state index contributed by atoms with van der Waals surface area (Å²) < 4.78 is 45.6. The summed E-state index contributed by atoms with van der Waals surface area (Å²) in [6.07, 6.45) is 1.80. The Kier molecular flexibility index (Phi) is 5.07. The van der Waals surface area contributed by atoms with Gasteiger partial charge in [-0.25, -0.2) is 13.2 Å². The number of rotatable bonds is 6. The Hall–Kier alpha value is -1.75. The maximum Gasteiger partial charge on any atom is 0.195 e.